The van der Waals surface area contributed by atoms with E-state index in [4.69, 9.17) is 14.2 Å². The third-order valence-corrected chi connectivity index (χ3v) is 11.7. The van der Waals surface area contributed by atoms with Crippen molar-refractivity contribution in [2.24, 2.45) is 0 Å². The Kier molecular flexibility index (Phi) is 54.0. The Bertz CT molecular complexity index is 1490. The lowest BCUT2D eigenvalue weighted by atomic mass is 10.1. The minimum absolute atomic E-state index is 0.109. The van der Waals surface area contributed by atoms with Crippen LogP contribution in [0.5, 0.6) is 0 Å². The molecule has 0 aliphatic carbocycles. The van der Waals surface area contributed by atoms with E-state index in [9.17, 15) is 14.4 Å². The predicted octanol–water partition coefficient (Wildman–Crippen LogP) is 19.3. The summed E-state index contributed by atoms with van der Waals surface area (Å²) in [6, 6.07) is 0. The fourth-order valence-electron chi connectivity index (χ4n) is 7.48. The average molecular weight is 970 g/mol. The standard InChI is InChI=1S/C64H104O6/c1-4-7-10-13-16-19-22-25-27-28-29-30-31-32-33-34-35-36-37-40-42-45-48-51-54-57-63(66)69-60-61(59-68-62(65)56-53-50-47-44-41-38-24-21-18-15-12-9-6-3)70-64(67)58-55-52-49-46-43-39-26-23-20-17-14-11-8-5-2/h7,9-10,12,16,18-19,21,23,25-27,29-30,32-33,38,41,47,50,61H,4-6,8,11,13-15,17,20,22,24,28,31,34-37,39-40,42-46,48-49,51-60H2,1-3H3/b10-7-,12-9-,19-16-,21-18-,26-23-,27-25-,30-29-,33-32-,41-38-,50-47-. The highest BCUT2D eigenvalue weighted by molar-refractivity contribution is 5.71. The van der Waals surface area contributed by atoms with Crippen LogP contribution in [-0.2, 0) is 28.6 Å². The molecule has 0 aromatic rings. The second-order valence-electron chi connectivity index (χ2n) is 18.4. The Morgan fingerprint density at radius 3 is 0.971 bits per heavy atom. The van der Waals surface area contributed by atoms with E-state index in [0.29, 0.717) is 19.3 Å². The number of allylic oxidation sites excluding steroid dienone is 20. The molecule has 0 saturated carbocycles. The lowest BCUT2D eigenvalue weighted by molar-refractivity contribution is -0.166. The minimum atomic E-state index is -0.816. The molecule has 0 amide bonds. The van der Waals surface area contributed by atoms with Gasteiger partial charge in [0.25, 0.3) is 0 Å². The summed E-state index contributed by atoms with van der Waals surface area (Å²) >= 11 is 0. The predicted molar refractivity (Wildman–Crippen MR) is 302 cm³/mol. The molecule has 6 heteroatoms. The third-order valence-electron chi connectivity index (χ3n) is 11.7. The summed E-state index contributed by atoms with van der Waals surface area (Å²) in [5.74, 6) is -1.01. The van der Waals surface area contributed by atoms with E-state index in [0.717, 1.165) is 116 Å². The molecule has 0 aromatic heterocycles. The molecule has 0 aliphatic rings. The Morgan fingerprint density at radius 1 is 0.300 bits per heavy atom. The van der Waals surface area contributed by atoms with E-state index in [1.54, 1.807) is 0 Å². The van der Waals surface area contributed by atoms with Gasteiger partial charge in [-0.25, -0.2) is 0 Å². The van der Waals surface area contributed by atoms with Crippen LogP contribution in [0.25, 0.3) is 0 Å². The fourth-order valence-corrected chi connectivity index (χ4v) is 7.48. The van der Waals surface area contributed by atoms with Gasteiger partial charge in [-0.2, -0.15) is 0 Å². The quantitative estimate of drug-likeness (QED) is 0.0262. The number of ether oxygens (including phenoxy) is 3. The maximum atomic E-state index is 12.8. The topological polar surface area (TPSA) is 78.9 Å². The van der Waals surface area contributed by atoms with E-state index in [-0.39, 0.29) is 37.5 Å². The van der Waals surface area contributed by atoms with Gasteiger partial charge in [-0.1, -0.05) is 232 Å². The maximum Gasteiger partial charge on any atom is 0.306 e. The molecule has 1 atom stereocenters. The summed E-state index contributed by atoms with van der Waals surface area (Å²) in [5.41, 5.74) is 0. The summed E-state index contributed by atoms with van der Waals surface area (Å²) in [7, 11) is 0. The van der Waals surface area contributed by atoms with Crippen molar-refractivity contribution in [3.8, 4) is 0 Å². The summed E-state index contributed by atoms with van der Waals surface area (Å²) in [5, 5.41) is 0. The highest BCUT2D eigenvalue weighted by Gasteiger charge is 2.19. The highest BCUT2D eigenvalue weighted by atomic mass is 16.6. The van der Waals surface area contributed by atoms with Crippen molar-refractivity contribution in [2.75, 3.05) is 13.2 Å². The monoisotopic (exact) mass is 969 g/mol. The molecule has 0 rings (SSSR count). The normalized spacial score (nSPS) is 13.0. The molecule has 0 aliphatic heterocycles. The molecule has 0 radical (unpaired) electrons. The van der Waals surface area contributed by atoms with Gasteiger partial charge in [0, 0.05) is 19.3 Å². The average Bonchev–Trinajstić information content (AvgIpc) is 3.36. The fraction of sp³-hybridized carbons (Fsp3) is 0.641. The van der Waals surface area contributed by atoms with Crippen LogP contribution in [0.1, 0.15) is 245 Å². The van der Waals surface area contributed by atoms with Gasteiger partial charge in [-0.3, -0.25) is 14.4 Å². The van der Waals surface area contributed by atoms with Crippen LogP contribution in [0.4, 0.5) is 0 Å². The van der Waals surface area contributed by atoms with Gasteiger partial charge in [-0.05, 0) is 116 Å². The molecule has 0 N–H and O–H groups in total. The van der Waals surface area contributed by atoms with Gasteiger partial charge in [0.05, 0.1) is 0 Å². The van der Waals surface area contributed by atoms with Gasteiger partial charge in [-0.15, -0.1) is 0 Å². The Labute approximate surface area is 431 Å². The first-order valence-electron chi connectivity index (χ1n) is 28.5. The maximum absolute atomic E-state index is 12.8. The largest absolute Gasteiger partial charge is 0.462 e. The first-order chi connectivity index (χ1) is 34.5. The zero-order valence-electron chi connectivity index (χ0n) is 45.2. The molecule has 0 spiro atoms. The smallest absolute Gasteiger partial charge is 0.306 e. The van der Waals surface area contributed by atoms with Crippen molar-refractivity contribution in [2.45, 2.75) is 252 Å². The second-order valence-corrected chi connectivity index (χ2v) is 18.4. The zero-order chi connectivity index (χ0) is 50.7. The Balaban J connectivity index is 4.39. The van der Waals surface area contributed by atoms with E-state index in [1.807, 2.05) is 12.2 Å². The molecule has 0 fully saturated rings. The van der Waals surface area contributed by atoms with Crippen LogP contribution < -0.4 is 0 Å². The van der Waals surface area contributed by atoms with Crippen molar-refractivity contribution in [3.05, 3.63) is 122 Å². The molecule has 70 heavy (non-hydrogen) atoms. The third kappa shape index (κ3) is 54.7. The van der Waals surface area contributed by atoms with Gasteiger partial charge in [0.15, 0.2) is 6.10 Å². The number of carbonyl (C=O) groups excluding carboxylic acids is 3. The van der Waals surface area contributed by atoms with Crippen molar-refractivity contribution < 1.29 is 28.6 Å². The van der Waals surface area contributed by atoms with E-state index in [2.05, 4.69) is 130 Å². The number of carbonyl (C=O) groups is 3. The number of rotatable bonds is 50. The van der Waals surface area contributed by atoms with Crippen LogP contribution >= 0.6 is 0 Å². The molecule has 0 heterocycles. The number of unbranched alkanes of at least 4 members (excludes halogenated alkanes) is 19. The van der Waals surface area contributed by atoms with Crippen molar-refractivity contribution in [1.29, 1.82) is 0 Å². The SMILES string of the molecule is CC/C=C\C/C=C\C/C=C\C/C=C\C/C=C\CCCCCCCCCCCC(=O)OCC(COC(=O)CC/C=C\C/C=C\C/C=C\C/C=C\CC)OC(=O)CCCCCCC/C=C\CCCCCCC. The summed E-state index contributed by atoms with van der Waals surface area (Å²) < 4.78 is 16.8. The lowest BCUT2D eigenvalue weighted by Crippen LogP contribution is -2.30. The van der Waals surface area contributed by atoms with Crippen LogP contribution in [0.2, 0.25) is 0 Å². The zero-order valence-corrected chi connectivity index (χ0v) is 45.2. The van der Waals surface area contributed by atoms with Crippen LogP contribution in [-0.4, -0.2) is 37.2 Å². The summed E-state index contributed by atoms with van der Waals surface area (Å²) in [4.78, 5) is 38.1. The molecule has 1 unspecified atom stereocenters. The van der Waals surface area contributed by atoms with Crippen LogP contribution in [0.15, 0.2) is 122 Å². The Hall–Kier alpha value is -4.19. The molecular weight excluding hydrogens is 865 g/mol. The van der Waals surface area contributed by atoms with Gasteiger partial charge in [0.2, 0.25) is 0 Å². The number of esters is 3. The van der Waals surface area contributed by atoms with Crippen molar-refractivity contribution in [1.82, 2.24) is 0 Å². The highest BCUT2D eigenvalue weighted by Crippen LogP contribution is 2.14. The molecule has 6 nitrogen and oxygen atoms in total. The van der Waals surface area contributed by atoms with E-state index in [1.165, 1.54) is 83.5 Å². The lowest BCUT2D eigenvalue weighted by Gasteiger charge is -2.18. The Morgan fingerprint density at radius 2 is 0.586 bits per heavy atom. The first kappa shape index (κ1) is 65.8. The first-order valence-corrected chi connectivity index (χ1v) is 28.5. The van der Waals surface area contributed by atoms with Gasteiger partial charge in [0.1, 0.15) is 13.2 Å². The van der Waals surface area contributed by atoms with E-state index >= 15 is 0 Å². The van der Waals surface area contributed by atoms with Gasteiger partial charge < -0.3 is 14.2 Å². The van der Waals surface area contributed by atoms with Crippen molar-refractivity contribution in [3.63, 3.8) is 0 Å². The van der Waals surface area contributed by atoms with E-state index < -0.39 is 6.10 Å². The number of hydrogen-bond donors (Lipinski definition) is 0. The van der Waals surface area contributed by atoms with Gasteiger partial charge >= 0.3 is 17.9 Å². The molecular formula is C64H104O6. The summed E-state index contributed by atoms with van der Waals surface area (Å²) in [6.45, 7) is 6.32. The van der Waals surface area contributed by atoms with Crippen LogP contribution in [0, 0.1) is 0 Å². The van der Waals surface area contributed by atoms with Crippen LogP contribution in [0.3, 0.4) is 0 Å². The second kappa shape index (κ2) is 57.4. The molecule has 0 aromatic carbocycles. The summed E-state index contributed by atoms with van der Waals surface area (Å²) in [6.07, 6.45) is 79.2. The minimum Gasteiger partial charge on any atom is -0.462 e. The number of hydrogen-bond acceptors (Lipinski definition) is 6. The van der Waals surface area contributed by atoms with Crippen molar-refractivity contribution >= 4 is 17.9 Å². The molecule has 0 saturated heterocycles. The molecule has 396 valence electrons. The molecule has 0 bridgehead atoms.